The molecule has 0 aliphatic carbocycles. The van der Waals surface area contributed by atoms with Crippen molar-refractivity contribution >= 4 is 46.3 Å². The van der Waals surface area contributed by atoms with Crippen LogP contribution in [-0.2, 0) is 22.6 Å². The largest absolute Gasteiger partial charge is 0.357 e. The minimum atomic E-state index is 0.441. The average Bonchev–Trinajstić information content (AvgIpc) is 3.02. The molecule has 0 fully saturated rings. The lowest BCUT2D eigenvalue weighted by Crippen LogP contribution is -2.38. The number of benzene rings is 2. The maximum Gasteiger partial charge on any atom is 0.320 e. The predicted molar refractivity (Wildman–Crippen MR) is 108 cm³/mol. The summed E-state index contributed by atoms with van der Waals surface area (Å²) in [5.74, 6) is 0. The van der Waals surface area contributed by atoms with Gasteiger partial charge in [0.25, 0.3) is 0 Å². The normalized spacial score (nSPS) is 14.1. The average molecular weight is 404 g/mol. The first kappa shape index (κ1) is 18.2. The van der Waals surface area contributed by atoms with Crippen LogP contribution in [0.25, 0.3) is 10.9 Å². The van der Waals surface area contributed by atoms with Gasteiger partial charge in [-0.25, -0.2) is 5.06 Å². The summed E-state index contributed by atoms with van der Waals surface area (Å²) in [5, 5.41) is 4.14. The first-order valence-electron chi connectivity index (χ1n) is 8.79. The van der Waals surface area contributed by atoms with Crippen LogP contribution in [-0.4, -0.2) is 36.0 Å². The number of nitrogens with zero attached hydrogens (tertiary/aromatic N) is 2. The van der Waals surface area contributed by atoms with Crippen molar-refractivity contribution in [3.63, 3.8) is 0 Å². The molecule has 1 aliphatic heterocycles. The Morgan fingerprint density at radius 2 is 2.04 bits per heavy atom. The maximum atomic E-state index is 10.9. The fourth-order valence-electron chi connectivity index (χ4n) is 3.62. The molecule has 0 radical (unpaired) electrons. The van der Waals surface area contributed by atoms with Gasteiger partial charge in [-0.1, -0.05) is 29.3 Å². The van der Waals surface area contributed by atoms with Gasteiger partial charge in [-0.3, -0.25) is 9.69 Å². The van der Waals surface area contributed by atoms with Gasteiger partial charge in [-0.15, -0.1) is 0 Å². The zero-order valence-electron chi connectivity index (χ0n) is 14.6. The molecule has 1 aromatic heterocycles. The van der Waals surface area contributed by atoms with E-state index in [1.54, 1.807) is 17.2 Å². The molecule has 5 nitrogen and oxygen atoms in total. The molecule has 0 atom stereocenters. The number of hydroxylamine groups is 1. The molecule has 0 saturated heterocycles. The number of hydrogen-bond acceptors (Lipinski definition) is 4. The van der Waals surface area contributed by atoms with E-state index in [9.17, 15) is 4.79 Å². The fraction of sp³-hybridized carbons (Fsp3) is 0.250. The molecule has 0 spiro atoms. The second-order valence-electron chi connectivity index (χ2n) is 6.58. The highest BCUT2D eigenvalue weighted by molar-refractivity contribution is 6.31. The van der Waals surface area contributed by atoms with Crippen LogP contribution in [0.2, 0.25) is 10.0 Å². The minimum Gasteiger partial charge on any atom is -0.357 e. The number of carbonyl (C=O) groups is 1. The maximum absolute atomic E-state index is 10.9. The summed E-state index contributed by atoms with van der Waals surface area (Å²) >= 11 is 12.2. The number of H-pyrrole nitrogens is 1. The molecule has 2 heterocycles. The van der Waals surface area contributed by atoms with Gasteiger partial charge >= 0.3 is 6.47 Å². The number of nitrogens with one attached hydrogen (secondary N) is 1. The Morgan fingerprint density at radius 3 is 2.85 bits per heavy atom. The predicted octanol–water partition coefficient (Wildman–Crippen LogP) is 4.43. The number of hydrogen-bond donors (Lipinski definition) is 1. The fourth-order valence-corrected chi connectivity index (χ4v) is 3.97. The van der Waals surface area contributed by atoms with E-state index in [0.717, 1.165) is 42.3 Å². The standard InChI is InChI=1S/C20H19Cl2N3O2/c21-14-2-1-3-16(10-14)25(27-13-26)9-8-24-7-6-17-18-11-15(22)4-5-19(18)23-20(17)12-24/h1-5,10-11,13,23H,6-9,12H2. The van der Waals surface area contributed by atoms with Gasteiger partial charge in [-0.2, -0.15) is 0 Å². The van der Waals surface area contributed by atoms with E-state index in [0.29, 0.717) is 18.0 Å². The monoisotopic (exact) mass is 403 g/mol. The molecule has 140 valence electrons. The Labute approximate surface area is 167 Å². The number of halogens is 2. The number of anilines is 1. The van der Waals surface area contributed by atoms with Crippen molar-refractivity contribution in [2.75, 3.05) is 24.7 Å². The van der Waals surface area contributed by atoms with Crippen LogP contribution < -0.4 is 5.06 Å². The lowest BCUT2D eigenvalue weighted by molar-refractivity contribution is -0.130. The molecule has 7 heteroatoms. The van der Waals surface area contributed by atoms with Crippen LogP contribution in [0.5, 0.6) is 0 Å². The number of rotatable bonds is 6. The SMILES string of the molecule is O=CON(CCN1CCc2c([nH]c3ccc(Cl)cc23)C1)c1cccc(Cl)c1. The Hall–Kier alpha value is -2.21. The third-order valence-electron chi connectivity index (χ3n) is 4.90. The molecule has 4 rings (SSSR count). The molecule has 3 aromatic rings. The Balaban J connectivity index is 1.46. The molecule has 1 N–H and O–H groups in total. The summed E-state index contributed by atoms with van der Waals surface area (Å²) in [6.45, 7) is 3.52. The highest BCUT2D eigenvalue weighted by Gasteiger charge is 2.21. The van der Waals surface area contributed by atoms with E-state index in [1.807, 2.05) is 30.3 Å². The van der Waals surface area contributed by atoms with Crippen molar-refractivity contribution in [3.8, 4) is 0 Å². The van der Waals surface area contributed by atoms with Crippen LogP contribution in [0.1, 0.15) is 11.3 Å². The lowest BCUT2D eigenvalue weighted by atomic mass is 10.0. The van der Waals surface area contributed by atoms with E-state index in [1.165, 1.54) is 16.6 Å². The molecule has 1 aliphatic rings. The van der Waals surface area contributed by atoms with Gasteiger partial charge in [0.1, 0.15) is 0 Å². The summed E-state index contributed by atoms with van der Waals surface area (Å²) in [7, 11) is 0. The third kappa shape index (κ3) is 3.90. The van der Waals surface area contributed by atoms with E-state index < -0.39 is 0 Å². The smallest absolute Gasteiger partial charge is 0.320 e. The van der Waals surface area contributed by atoms with Crippen molar-refractivity contribution in [1.82, 2.24) is 9.88 Å². The quantitative estimate of drug-likeness (QED) is 0.488. The first-order valence-corrected chi connectivity index (χ1v) is 9.54. The molecule has 0 unspecified atom stereocenters. The molecule has 0 bridgehead atoms. The molecule has 27 heavy (non-hydrogen) atoms. The van der Waals surface area contributed by atoms with Crippen molar-refractivity contribution in [2.24, 2.45) is 0 Å². The summed E-state index contributed by atoms with van der Waals surface area (Å²) in [6.07, 6.45) is 0.960. The van der Waals surface area contributed by atoms with Crippen LogP contribution in [0.15, 0.2) is 42.5 Å². The van der Waals surface area contributed by atoms with E-state index >= 15 is 0 Å². The Bertz CT molecular complexity index is 973. The van der Waals surface area contributed by atoms with Crippen LogP contribution >= 0.6 is 23.2 Å². The van der Waals surface area contributed by atoms with E-state index in [4.69, 9.17) is 28.0 Å². The Kier molecular flexibility index (Phi) is 5.25. The highest BCUT2D eigenvalue weighted by atomic mass is 35.5. The minimum absolute atomic E-state index is 0.441. The van der Waals surface area contributed by atoms with Gasteiger partial charge in [0.2, 0.25) is 0 Å². The van der Waals surface area contributed by atoms with Crippen LogP contribution in [0.3, 0.4) is 0 Å². The second kappa shape index (κ2) is 7.80. The van der Waals surface area contributed by atoms with E-state index in [-0.39, 0.29) is 0 Å². The van der Waals surface area contributed by atoms with Crippen LogP contribution in [0.4, 0.5) is 5.69 Å². The van der Waals surface area contributed by atoms with E-state index in [2.05, 4.69) is 9.88 Å². The number of aromatic amines is 1. The van der Waals surface area contributed by atoms with Gasteiger partial charge in [0, 0.05) is 46.3 Å². The van der Waals surface area contributed by atoms with Gasteiger partial charge < -0.3 is 9.82 Å². The first-order chi connectivity index (χ1) is 13.1. The summed E-state index contributed by atoms with van der Waals surface area (Å²) in [4.78, 5) is 21.9. The zero-order valence-corrected chi connectivity index (χ0v) is 16.1. The number of fused-ring (bicyclic) bond motifs is 3. The highest BCUT2D eigenvalue weighted by Crippen LogP contribution is 2.29. The van der Waals surface area contributed by atoms with Gasteiger partial charge in [0.05, 0.1) is 12.2 Å². The second-order valence-corrected chi connectivity index (χ2v) is 7.45. The molecule has 0 saturated carbocycles. The summed E-state index contributed by atoms with van der Waals surface area (Å²) in [6, 6.07) is 13.2. The molecule has 0 amide bonds. The van der Waals surface area contributed by atoms with Crippen molar-refractivity contribution in [2.45, 2.75) is 13.0 Å². The molecule has 2 aromatic carbocycles. The van der Waals surface area contributed by atoms with Crippen molar-refractivity contribution < 1.29 is 9.63 Å². The molecular formula is C20H19Cl2N3O2. The van der Waals surface area contributed by atoms with Gasteiger partial charge in [-0.05, 0) is 48.4 Å². The van der Waals surface area contributed by atoms with Crippen LogP contribution in [0, 0.1) is 0 Å². The zero-order chi connectivity index (χ0) is 18.8. The Morgan fingerprint density at radius 1 is 1.19 bits per heavy atom. The number of carbonyl (C=O) groups excluding carboxylic acids is 1. The lowest BCUT2D eigenvalue weighted by Gasteiger charge is -2.29. The summed E-state index contributed by atoms with van der Waals surface area (Å²) < 4.78 is 0. The topological polar surface area (TPSA) is 48.6 Å². The number of aromatic nitrogens is 1. The third-order valence-corrected chi connectivity index (χ3v) is 5.37. The summed E-state index contributed by atoms with van der Waals surface area (Å²) in [5.41, 5.74) is 4.45. The molecular weight excluding hydrogens is 385 g/mol. The van der Waals surface area contributed by atoms with Gasteiger partial charge in [0.15, 0.2) is 0 Å². The van der Waals surface area contributed by atoms with Crippen molar-refractivity contribution in [1.29, 1.82) is 0 Å². The van der Waals surface area contributed by atoms with Crippen molar-refractivity contribution in [3.05, 3.63) is 63.8 Å².